The molecule has 0 bridgehead atoms. The first-order valence-electron chi connectivity index (χ1n) is 6.64. The molecule has 1 saturated heterocycles. The number of rotatable bonds is 4. The Labute approximate surface area is 121 Å². The van der Waals surface area contributed by atoms with E-state index >= 15 is 0 Å². The van der Waals surface area contributed by atoms with E-state index < -0.39 is 0 Å². The van der Waals surface area contributed by atoms with Gasteiger partial charge in [0, 0.05) is 13.1 Å². The van der Waals surface area contributed by atoms with Crippen LogP contribution in [0, 0.1) is 0 Å². The van der Waals surface area contributed by atoms with Crippen LogP contribution in [-0.4, -0.2) is 32.9 Å². The number of hydrogen-bond donors (Lipinski definition) is 1. The number of benzene rings is 1. The van der Waals surface area contributed by atoms with Crippen LogP contribution >= 0.6 is 15.9 Å². The highest BCUT2D eigenvalue weighted by atomic mass is 79.9. The fourth-order valence-electron chi connectivity index (χ4n) is 2.17. The topological polar surface area (TPSA) is 39.7 Å². The predicted octanol–water partition coefficient (Wildman–Crippen LogP) is 2.66. The first kappa shape index (κ1) is 13.2. The van der Waals surface area contributed by atoms with Crippen LogP contribution in [0.1, 0.15) is 24.5 Å². The average molecular weight is 328 g/mol. The minimum atomic E-state index is 0.0777. The largest absolute Gasteiger partial charge is 0.493 e. The summed E-state index contributed by atoms with van der Waals surface area (Å²) in [6.45, 7) is 2.49. The van der Waals surface area contributed by atoms with Crippen molar-refractivity contribution >= 4 is 15.9 Å². The molecule has 104 valence electrons. The van der Waals surface area contributed by atoms with Gasteiger partial charge in [-0.2, -0.15) is 0 Å². The summed E-state index contributed by atoms with van der Waals surface area (Å²) in [7, 11) is 1.67. The summed E-state index contributed by atoms with van der Waals surface area (Å²) >= 11 is 3.58. The summed E-state index contributed by atoms with van der Waals surface area (Å²) in [5, 5.41) is 3.33. The second-order valence-corrected chi connectivity index (χ2v) is 5.77. The molecule has 0 radical (unpaired) electrons. The number of methoxy groups -OCH3 is 1. The highest BCUT2D eigenvalue weighted by Crippen LogP contribution is 2.41. The Bertz CT molecular complexity index is 456. The SMILES string of the molecule is COc1cc(C2CNCCO2)cc(Br)c1OC1CC1. The molecule has 1 aromatic rings. The van der Waals surface area contributed by atoms with Gasteiger partial charge in [0.25, 0.3) is 0 Å². The molecule has 19 heavy (non-hydrogen) atoms. The number of halogens is 1. The third-order valence-electron chi connectivity index (χ3n) is 3.36. The summed E-state index contributed by atoms with van der Waals surface area (Å²) in [6.07, 6.45) is 2.69. The molecule has 0 amide bonds. The van der Waals surface area contributed by atoms with Crippen LogP contribution in [0.5, 0.6) is 11.5 Å². The van der Waals surface area contributed by atoms with Crippen molar-refractivity contribution < 1.29 is 14.2 Å². The van der Waals surface area contributed by atoms with Crippen molar-refractivity contribution in [2.45, 2.75) is 25.0 Å². The van der Waals surface area contributed by atoms with Crippen molar-refractivity contribution in [1.29, 1.82) is 0 Å². The highest BCUT2D eigenvalue weighted by Gasteiger charge is 2.27. The Kier molecular flexibility index (Phi) is 3.96. The third kappa shape index (κ3) is 3.04. The third-order valence-corrected chi connectivity index (χ3v) is 3.95. The highest BCUT2D eigenvalue weighted by molar-refractivity contribution is 9.10. The van der Waals surface area contributed by atoms with Crippen LogP contribution in [0.4, 0.5) is 0 Å². The smallest absolute Gasteiger partial charge is 0.175 e. The molecule has 1 aromatic carbocycles. The first-order chi connectivity index (χ1) is 9.28. The van der Waals surface area contributed by atoms with E-state index in [2.05, 4.69) is 27.3 Å². The Morgan fingerprint density at radius 2 is 2.21 bits per heavy atom. The molecule has 4 nitrogen and oxygen atoms in total. The summed E-state index contributed by atoms with van der Waals surface area (Å²) in [5.74, 6) is 1.57. The molecule has 2 fully saturated rings. The van der Waals surface area contributed by atoms with E-state index in [4.69, 9.17) is 14.2 Å². The minimum Gasteiger partial charge on any atom is -0.493 e. The molecule has 3 rings (SSSR count). The quantitative estimate of drug-likeness (QED) is 0.922. The van der Waals surface area contributed by atoms with Gasteiger partial charge in [0.2, 0.25) is 0 Å². The zero-order valence-corrected chi connectivity index (χ0v) is 12.5. The fourth-order valence-corrected chi connectivity index (χ4v) is 2.73. The monoisotopic (exact) mass is 327 g/mol. The molecule has 1 atom stereocenters. The zero-order chi connectivity index (χ0) is 13.2. The van der Waals surface area contributed by atoms with Gasteiger partial charge in [-0.15, -0.1) is 0 Å². The fraction of sp³-hybridized carbons (Fsp3) is 0.571. The Balaban J connectivity index is 1.86. The maximum atomic E-state index is 5.89. The lowest BCUT2D eigenvalue weighted by molar-refractivity contribution is 0.0275. The van der Waals surface area contributed by atoms with Crippen molar-refractivity contribution in [1.82, 2.24) is 5.32 Å². The second kappa shape index (κ2) is 5.69. The Morgan fingerprint density at radius 1 is 1.37 bits per heavy atom. The van der Waals surface area contributed by atoms with E-state index in [0.29, 0.717) is 6.10 Å². The molecule has 1 N–H and O–H groups in total. The van der Waals surface area contributed by atoms with Gasteiger partial charge in [0.05, 0.1) is 30.4 Å². The summed E-state index contributed by atoms with van der Waals surface area (Å²) in [4.78, 5) is 0. The van der Waals surface area contributed by atoms with Crippen LogP contribution in [0.15, 0.2) is 16.6 Å². The number of morpholine rings is 1. The molecule has 1 saturated carbocycles. The summed E-state index contributed by atoms with van der Waals surface area (Å²) in [5.41, 5.74) is 1.11. The molecule has 1 aliphatic heterocycles. The lowest BCUT2D eigenvalue weighted by atomic mass is 10.1. The van der Waals surface area contributed by atoms with Crippen LogP contribution in [0.25, 0.3) is 0 Å². The molecule has 0 spiro atoms. The van der Waals surface area contributed by atoms with Crippen molar-refractivity contribution in [2.75, 3.05) is 26.8 Å². The van der Waals surface area contributed by atoms with Crippen molar-refractivity contribution in [3.8, 4) is 11.5 Å². The van der Waals surface area contributed by atoms with E-state index in [-0.39, 0.29) is 6.10 Å². The van der Waals surface area contributed by atoms with Gasteiger partial charge in [-0.25, -0.2) is 0 Å². The van der Waals surface area contributed by atoms with E-state index in [9.17, 15) is 0 Å². The molecule has 5 heteroatoms. The Morgan fingerprint density at radius 3 is 2.84 bits per heavy atom. The molecule has 2 aliphatic rings. The maximum Gasteiger partial charge on any atom is 0.175 e. The van der Waals surface area contributed by atoms with Crippen molar-refractivity contribution in [3.05, 3.63) is 22.2 Å². The van der Waals surface area contributed by atoms with Crippen LogP contribution < -0.4 is 14.8 Å². The normalized spacial score (nSPS) is 23.2. The molecular weight excluding hydrogens is 310 g/mol. The molecule has 1 unspecified atom stereocenters. The van der Waals surface area contributed by atoms with Gasteiger partial charge in [-0.1, -0.05) is 0 Å². The average Bonchev–Trinajstić information content (AvgIpc) is 3.26. The lowest BCUT2D eigenvalue weighted by Gasteiger charge is -2.25. The van der Waals surface area contributed by atoms with Gasteiger partial charge in [-0.3, -0.25) is 0 Å². The Hall–Kier alpha value is -0.780. The summed E-state index contributed by atoms with van der Waals surface area (Å²) < 4.78 is 18.1. The predicted molar refractivity (Wildman–Crippen MR) is 75.9 cm³/mol. The van der Waals surface area contributed by atoms with Gasteiger partial charge < -0.3 is 19.5 Å². The summed E-state index contributed by atoms with van der Waals surface area (Å²) in [6, 6.07) is 4.08. The van der Waals surface area contributed by atoms with Gasteiger partial charge in [-0.05, 0) is 46.5 Å². The van der Waals surface area contributed by atoms with E-state index in [1.807, 2.05) is 6.07 Å². The van der Waals surface area contributed by atoms with E-state index in [1.54, 1.807) is 7.11 Å². The molecule has 0 aromatic heterocycles. The van der Waals surface area contributed by atoms with Crippen molar-refractivity contribution in [2.24, 2.45) is 0 Å². The van der Waals surface area contributed by atoms with E-state index in [1.165, 1.54) is 0 Å². The standard InChI is InChI=1S/C14H18BrNO3/c1-17-12-7-9(13-8-16-4-5-18-13)6-11(15)14(12)19-10-2-3-10/h6-7,10,13,16H,2-5,8H2,1H3. The molecule has 1 heterocycles. The van der Waals surface area contributed by atoms with Crippen LogP contribution in [0.2, 0.25) is 0 Å². The first-order valence-corrected chi connectivity index (χ1v) is 7.43. The number of ether oxygens (including phenoxy) is 3. The molecular formula is C14H18BrNO3. The lowest BCUT2D eigenvalue weighted by Crippen LogP contribution is -2.33. The number of hydrogen-bond acceptors (Lipinski definition) is 4. The van der Waals surface area contributed by atoms with Crippen LogP contribution in [-0.2, 0) is 4.74 Å². The van der Waals surface area contributed by atoms with Gasteiger partial charge >= 0.3 is 0 Å². The van der Waals surface area contributed by atoms with E-state index in [0.717, 1.165) is 54.1 Å². The second-order valence-electron chi connectivity index (χ2n) is 4.91. The maximum absolute atomic E-state index is 5.89. The minimum absolute atomic E-state index is 0.0777. The van der Waals surface area contributed by atoms with Gasteiger partial charge in [0.1, 0.15) is 0 Å². The molecule has 1 aliphatic carbocycles. The number of nitrogens with one attached hydrogen (secondary N) is 1. The van der Waals surface area contributed by atoms with Crippen molar-refractivity contribution in [3.63, 3.8) is 0 Å². The van der Waals surface area contributed by atoms with Crippen LogP contribution in [0.3, 0.4) is 0 Å². The van der Waals surface area contributed by atoms with Gasteiger partial charge in [0.15, 0.2) is 11.5 Å². The zero-order valence-electron chi connectivity index (χ0n) is 10.9.